The van der Waals surface area contributed by atoms with Gasteiger partial charge in [0.2, 0.25) is 0 Å². The summed E-state index contributed by atoms with van der Waals surface area (Å²) in [6.07, 6.45) is 1.87. The number of hydrogen-bond acceptors (Lipinski definition) is 3. The highest BCUT2D eigenvalue weighted by atomic mass is 16.5. The van der Waals surface area contributed by atoms with Gasteiger partial charge in [0.15, 0.2) is 0 Å². The van der Waals surface area contributed by atoms with Crippen molar-refractivity contribution in [3.63, 3.8) is 0 Å². The summed E-state index contributed by atoms with van der Waals surface area (Å²) in [6, 6.07) is 17.6. The van der Waals surface area contributed by atoms with E-state index in [1.807, 2.05) is 60.7 Å². The van der Waals surface area contributed by atoms with E-state index < -0.39 is 0 Å². The van der Waals surface area contributed by atoms with Gasteiger partial charge in [0.05, 0.1) is 6.61 Å². The smallest absolute Gasteiger partial charge is 0.124 e. The molecule has 2 rings (SSSR count). The van der Waals surface area contributed by atoms with Crippen LogP contribution in [0.15, 0.2) is 60.7 Å². The molecule has 0 aromatic heterocycles. The van der Waals surface area contributed by atoms with E-state index >= 15 is 0 Å². The summed E-state index contributed by atoms with van der Waals surface area (Å²) in [4.78, 5) is 0. The van der Waals surface area contributed by atoms with Crippen LogP contribution >= 0.6 is 0 Å². The van der Waals surface area contributed by atoms with Crippen molar-refractivity contribution in [3.8, 4) is 0 Å². The maximum absolute atomic E-state index is 9.01. The van der Waals surface area contributed by atoms with E-state index in [1.165, 1.54) is 0 Å². The minimum Gasteiger partial charge on any atom is -0.489 e. The first kappa shape index (κ1) is 14.3. The molecule has 0 amide bonds. The number of benzene rings is 2. The fourth-order valence-corrected chi connectivity index (χ4v) is 1.87. The number of nitrogens with two attached hydrogens (primary N) is 1. The largest absolute Gasteiger partial charge is 0.489 e. The minimum atomic E-state index is 0.0590. The lowest BCUT2D eigenvalue weighted by Gasteiger charge is -2.11. The van der Waals surface area contributed by atoms with Gasteiger partial charge < -0.3 is 15.6 Å². The summed E-state index contributed by atoms with van der Waals surface area (Å²) >= 11 is 0. The number of hydrogen-bond donors (Lipinski definition) is 2. The molecule has 0 unspecified atom stereocenters. The summed E-state index contributed by atoms with van der Waals surface area (Å²) in [7, 11) is 0. The molecule has 20 heavy (non-hydrogen) atoms. The van der Waals surface area contributed by atoms with Crippen LogP contribution in [0.2, 0.25) is 0 Å². The first-order valence-corrected chi connectivity index (χ1v) is 6.60. The second kappa shape index (κ2) is 7.48. The fraction of sp³-hybridized carbons (Fsp3) is 0.176. The molecule has 2 aromatic rings. The lowest BCUT2D eigenvalue weighted by atomic mass is 10.1. The zero-order chi connectivity index (χ0) is 14.2. The summed E-state index contributed by atoms with van der Waals surface area (Å²) in [6.45, 7) is 0.976. The Morgan fingerprint density at radius 3 is 2.25 bits per heavy atom. The maximum Gasteiger partial charge on any atom is 0.124 e. The van der Waals surface area contributed by atoms with Crippen molar-refractivity contribution in [1.29, 1.82) is 0 Å². The molecule has 0 aliphatic heterocycles. The zero-order valence-electron chi connectivity index (χ0n) is 11.3. The van der Waals surface area contributed by atoms with Crippen LogP contribution in [0.4, 0.5) is 0 Å². The first-order valence-electron chi connectivity index (χ1n) is 6.60. The predicted octanol–water partition coefficient (Wildman–Crippen LogP) is 2.70. The topological polar surface area (TPSA) is 55.5 Å². The quantitative estimate of drug-likeness (QED) is 0.793. The van der Waals surface area contributed by atoms with Crippen LogP contribution in [0.3, 0.4) is 0 Å². The number of rotatable bonds is 6. The summed E-state index contributed by atoms with van der Waals surface area (Å²) in [5.41, 5.74) is 8.56. The highest BCUT2D eigenvalue weighted by Crippen LogP contribution is 2.17. The monoisotopic (exact) mass is 269 g/mol. The fourth-order valence-electron chi connectivity index (χ4n) is 1.87. The molecule has 0 fully saturated rings. The van der Waals surface area contributed by atoms with Crippen LogP contribution in [0.25, 0.3) is 5.76 Å². The summed E-state index contributed by atoms with van der Waals surface area (Å²) < 4.78 is 5.85. The molecular formula is C17H19NO2. The number of aliphatic hydroxyl groups excluding tert-OH is 1. The Balaban J connectivity index is 2.04. The Morgan fingerprint density at radius 2 is 1.65 bits per heavy atom. The van der Waals surface area contributed by atoms with E-state index in [9.17, 15) is 0 Å². The molecule has 0 aliphatic rings. The van der Waals surface area contributed by atoms with Crippen molar-refractivity contribution in [2.45, 2.75) is 13.2 Å². The molecule has 0 saturated carbocycles. The molecule has 0 bridgehead atoms. The summed E-state index contributed by atoms with van der Waals surface area (Å²) in [5, 5.41) is 9.01. The molecular weight excluding hydrogens is 250 g/mol. The van der Waals surface area contributed by atoms with Crippen molar-refractivity contribution in [2.75, 3.05) is 6.54 Å². The lowest BCUT2D eigenvalue weighted by molar-refractivity contribution is 0.263. The normalized spacial score (nSPS) is 11.4. The predicted molar refractivity (Wildman–Crippen MR) is 80.6 cm³/mol. The summed E-state index contributed by atoms with van der Waals surface area (Å²) in [5.74, 6) is 0.791. The van der Waals surface area contributed by atoms with E-state index in [1.54, 1.807) is 0 Å². The number of aliphatic hydroxyl groups is 1. The first-order chi connectivity index (χ1) is 9.83. The Kier molecular flexibility index (Phi) is 5.35. The zero-order valence-corrected chi connectivity index (χ0v) is 11.3. The van der Waals surface area contributed by atoms with Gasteiger partial charge in [-0.1, -0.05) is 54.6 Å². The SMILES string of the molecule is NCC=C(OCc1ccc(CO)cc1)c1ccccc1. The average Bonchev–Trinajstić information content (AvgIpc) is 2.53. The molecule has 3 nitrogen and oxygen atoms in total. The average molecular weight is 269 g/mol. The van der Waals surface area contributed by atoms with E-state index in [-0.39, 0.29) is 6.61 Å². The van der Waals surface area contributed by atoms with Crippen molar-refractivity contribution < 1.29 is 9.84 Å². The molecule has 0 atom stereocenters. The van der Waals surface area contributed by atoms with Gasteiger partial charge in [0.1, 0.15) is 12.4 Å². The van der Waals surface area contributed by atoms with Crippen LogP contribution < -0.4 is 5.73 Å². The van der Waals surface area contributed by atoms with Crippen molar-refractivity contribution in [3.05, 3.63) is 77.4 Å². The molecule has 0 spiro atoms. The van der Waals surface area contributed by atoms with Gasteiger partial charge in [0, 0.05) is 12.1 Å². The third-order valence-corrected chi connectivity index (χ3v) is 2.96. The Labute approximate surface area is 119 Å². The molecule has 3 heteroatoms. The van der Waals surface area contributed by atoms with Crippen molar-refractivity contribution in [1.82, 2.24) is 0 Å². The number of ether oxygens (including phenoxy) is 1. The Hall–Kier alpha value is -2.10. The molecule has 3 N–H and O–H groups in total. The minimum absolute atomic E-state index is 0.0590. The molecule has 0 radical (unpaired) electrons. The maximum atomic E-state index is 9.01. The highest BCUT2D eigenvalue weighted by Gasteiger charge is 2.02. The van der Waals surface area contributed by atoms with Gasteiger partial charge in [-0.2, -0.15) is 0 Å². The van der Waals surface area contributed by atoms with Crippen LogP contribution in [-0.4, -0.2) is 11.7 Å². The molecule has 0 saturated heterocycles. The van der Waals surface area contributed by atoms with Crippen molar-refractivity contribution in [2.24, 2.45) is 5.73 Å². The van der Waals surface area contributed by atoms with Gasteiger partial charge in [-0.25, -0.2) is 0 Å². The van der Waals surface area contributed by atoms with Crippen LogP contribution in [0.5, 0.6) is 0 Å². The van der Waals surface area contributed by atoms with Gasteiger partial charge in [-0.3, -0.25) is 0 Å². The van der Waals surface area contributed by atoms with E-state index in [0.717, 1.165) is 22.4 Å². The van der Waals surface area contributed by atoms with Gasteiger partial charge in [0.25, 0.3) is 0 Å². The molecule has 2 aromatic carbocycles. The second-order valence-corrected chi connectivity index (χ2v) is 4.43. The molecule has 0 aliphatic carbocycles. The Morgan fingerprint density at radius 1 is 1.00 bits per heavy atom. The second-order valence-electron chi connectivity index (χ2n) is 4.43. The van der Waals surface area contributed by atoms with Gasteiger partial charge in [-0.15, -0.1) is 0 Å². The van der Waals surface area contributed by atoms with Crippen LogP contribution in [-0.2, 0) is 18.0 Å². The van der Waals surface area contributed by atoms with E-state index in [2.05, 4.69) is 0 Å². The van der Waals surface area contributed by atoms with E-state index in [0.29, 0.717) is 13.2 Å². The third-order valence-electron chi connectivity index (χ3n) is 2.96. The Bertz CT molecular complexity index is 547. The lowest BCUT2D eigenvalue weighted by Crippen LogP contribution is -1.99. The highest BCUT2D eigenvalue weighted by molar-refractivity contribution is 5.59. The van der Waals surface area contributed by atoms with E-state index in [4.69, 9.17) is 15.6 Å². The molecule has 0 heterocycles. The molecule has 104 valence electrons. The van der Waals surface area contributed by atoms with Crippen LogP contribution in [0, 0.1) is 0 Å². The van der Waals surface area contributed by atoms with Crippen molar-refractivity contribution >= 4 is 5.76 Å². The van der Waals surface area contributed by atoms with Crippen LogP contribution in [0.1, 0.15) is 16.7 Å². The standard InChI is InChI=1S/C17H19NO2/c18-11-10-17(16-4-2-1-3-5-16)20-13-15-8-6-14(12-19)7-9-15/h1-10,19H,11-13,18H2. The third kappa shape index (κ3) is 3.95. The van der Waals surface area contributed by atoms with Gasteiger partial charge in [-0.05, 0) is 17.2 Å². The van der Waals surface area contributed by atoms with Gasteiger partial charge >= 0.3 is 0 Å².